The van der Waals surface area contributed by atoms with Crippen molar-refractivity contribution in [2.75, 3.05) is 0 Å². The Morgan fingerprint density at radius 3 is 1.00 bits per heavy atom. The Bertz CT molecular complexity index is 1090. The van der Waals surface area contributed by atoms with E-state index in [4.69, 9.17) is 10.4 Å². The molecular weight excluding hydrogens is 492 g/mol. The standard InChI is InChI=1S/2C14H12NO2.Cu/c2*16-14(12-9-5-2-6-10-12)13(15-17)11-7-3-1-4-8-11;/h2*1-10,14,17H;/q2*-1;+2/b2*15-13+;. The number of hydrogen-bond donors (Lipinski definition) is 2. The van der Waals surface area contributed by atoms with Gasteiger partial charge in [-0.05, 0) is 11.1 Å². The Hall–Kier alpha value is -3.74. The van der Waals surface area contributed by atoms with E-state index in [1.165, 1.54) is 0 Å². The van der Waals surface area contributed by atoms with Crippen LogP contribution < -0.4 is 10.2 Å². The van der Waals surface area contributed by atoms with Gasteiger partial charge in [-0.15, -0.1) is 0 Å². The van der Waals surface area contributed by atoms with E-state index in [0.29, 0.717) is 22.3 Å². The van der Waals surface area contributed by atoms with Crippen molar-refractivity contribution in [2.45, 2.75) is 12.2 Å². The van der Waals surface area contributed by atoms with Crippen LogP contribution in [0, 0.1) is 0 Å². The fourth-order valence-corrected chi connectivity index (χ4v) is 3.31. The zero-order valence-electron chi connectivity index (χ0n) is 18.6. The van der Waals surface area contributed by atoms with Crippen LogP contribution >= 0.6 is 0 Å². The summed E-state index contributed by atoms with van der Waals surface area (Å²) in [6, 6.07) is 35.7. The Kier molecular flexibility index (Phi) is 11.4. The predicted molar refractivity (Wildman–Crippen MR) is 128 cm³/mol. The first-order valence-electron chi connectivity index (χ1n) is 10.6. The van der Waals surface area contributed by atoms with Crippen LogP contribution in [0.4, 0.5) is 0 Å². The molecule has 2 atom stereocenters. The van der Waals surface area contributed by atoms with Gasteiger partial charge in [0.2, 0.25) is 0 Å². The van der Waals surface area contributed by atoms with Crippen molar-refractivity contribution in [3.8, 4) is 0 Å². The van der Waals surface area contributed by atoms with E-state index in [1.807, 2.05) is 24.3 Å². The summed E-state index contributed by atoms with van der Waals surface area (Å²) in [5.74, 6) is 0. The third-order valence-electron chi connectivity index (χ3n) is 5.06. The molecule has 0 bridgehead atoms. The Morgan fingerprint density at radius 2 is 0.743 bits per heavy atom. The summed E-state index contributed by atoms with van der Waals surface area (Å²) in [5.41, 5.74) is 2.72. The van der Waals surface area contributed by atoms with Crippen LogP contribution in [0.25, 0.3) is 0 Å². The second-order valence-electron chi connectivity index (χ2n) is 7.28. The van der Waals surface area contributed by atoms with Gasteiger partial charge >= 0.3 is 17.1 Å². The van der Waals surface area contributed by atoms with Crippen LogP contribution in [0.5, 0.6) is 0 Å². The molecule has 0 aliphatic heterocycles. The third kappa shape index (κ3) is 7.63. The molecule has 6 nitrogen and oxygen atoms in total. The molecule has 0 saturated heterocycles. The largest absolute Gasteiger partial charge is 2.00 e. The second-order valence-corrected chi connectivity index (χ2v) is 7.28. The van der Waals surface area contributed by atoms with E-state index in [0.717, 1.165) is 0 Å². The molecule has 2 unspecified atom stereocenters. The van der Waals surface area contributed by atoms with Crippen molar-refractivity contribution >= 4 is 11.4 Å². The minimum Gasteiger partial charge on any atom is -0.844 e. The van der Waals surface area contributed by atoms with Gasteiger partial charge in [0.1, 0.15) is 0 Å². The van der Waals surface area contributed by atoms with Gasteiger partial charge in [-0.3, -0.25) is 0 Å². The molecule has 0 amide bonds. The number of nitrogens with zero attached hydrogens (tertiary/aromatic N) is 2. The molecule has 4 aromatic rings. The van der Waals surface area contributed by atoms with Crippen molar-refractivity contribution in [1.29, 1.82) is 0 Å². The molecule has 181 valence electrons. The van der Waals surface area contributed by atoms with Crippen molar-refractivity contribution < 1.29 is 37.7 Å². The van der Waals surface area contributed by atoms with Crippen molar-refractivity contribution in [3.63, 3.8) is 0 Å². The quantitative estimate of drug-likeness (QED) is 0.175. The van der Waals surface area contributed by atoms with Crippen molar-refractivity contribution in [3.05, 3.63) is 144 Å². The van der Waals surface area contributed by atoms with Crippen LogP contribution in [0.2, 0.25) is 0 Å². The maximum Gasteiger partial charge on any atom is 2.00 e. The second kappa shape index (κ2) is 14.5. The number of oxime groups is 2. The number of hydrogen-bond acceptors (Lipinski definition) is 6. The molecule has 2 N–H and O–H groups in total. The summed E-state index contributed by atoms with van der Waals surface area (Å²) >= 11 is 0. The Morgan fingerprint density at radius 1 is 0.486 bits per heavy atom. The van der Waals surface area contributed by atoms with Gasteiger partial charge in [0, 0.05) is 0 Å². The van der Waals surface area contributed by atoms with Crippen LogP contribution in [0.15, 0.2) is 132 Å². The van der Waals surface area contributed by atoms with E-state index in [2.05, 4.69) is 10.3 Å². The average molecular weight is 516 g/mol. The molecule has 1 radical (unpaired) electrons. The minimum absolute atomic E-state index is 0. The van der Waals surface area contributed by atoms with Crippen molar-refractivity contribution in [1.82, 2.24) is 0 Å². The molecule has 0 heterocycles. The van der Waals surface area contributed by atoms with Crippen LogP contribution in [0.3, 0.4) is 0 Å². The third-order valence-corrected chi connectivity index (χ3v) is 5.06. The van der Waals surface area contributed by atoms with E-state index < -0.39 is 12.2 Å². The monoisotopic (exact) mass is 515 g/mol. The first-order valence-corrected chi connectivity index (χ1v) is 10.6. The average Bonchev–Trinajstić information content (AvgIpc) is 2.92. The van der Waals surface area contributed by atoms with Gasteiger partial charge in [-0.1, -0.05) is 155 Å². The van der Waals surface area contributed by atoms with E-state index in [-0.39, 0.29) is 28.5 Å². The normalized spacial score (nSPS) is 13.0. The first kappa shape index (κ1) is 27.5. The van der Waals surface area contributed by atoms with Gasteiger partial charge in [0.25, 0.3) is 0 Å². The Balaban J connectivity index is 0.000000240. The summed E-state index contributed by atoms with van der Waals surface area (Å²) in [6.45, 7) is 0. The maximum atomic E-state index is 12.2. The predicted octanol–water partition coefficient (Wildman–Crippen LogP) is 3.93. The molecule has 35 heavy (non-hydrogen) atoms. The van der Waals surface area contributed by atoms with E-state index in [1.54, 1.807) is 97.1 Å². The fourth-order valence-electron chi connectivity index (χ4n) is 3.31. The molecule has 0 aliphatic carbocycles. The van der Waals surface area contributed by atoms with Crippen molar-refractivity contribution in [2.24, 2.45) is 10.3 Å². The molecule has 4 aromatic carbocycles. The molecule has 0 fully saturated rings. The van der Waals surface area contributed by atoms with E-state index in [9.17, 15) is 10.2 Å². The summed E-state index contributed by atoms with van der Waals surface area (Å²) in [5, 5.41) is 48.6. The van der Waals surface area contributed by atoms with Gasteiger partial charge in [0.05, 0.1) is 11.4 Å². The summed E-state index contributed by atoms with van der Waals surface area (Å²) in [4.78, 5) is 0. The minimum atomic E-state index is -1.18. The molecule has 0 aliphatic rings. The van der Waals surface area contributed by atoms with Gasteiger partial charge in [-0.25, -0.2) is 0 Å². The number of rotatable bonds is 6. The molecule has 0 saturated carbocycles. The SMILES string of the molecule is [Cu+2].[O-]C(/C(=N/O)c1ccccc1)c1ccccc1.[O-]C(/C(=N/O)c1ccccc1)c1ccccc1. The van der Waals surface area contributed by atoms with Gasteiger partial charge in [0.15, 0.2) is 0 Å². The summed E-state index contributed by atoms with van der Waals surface area (Å²) in [7, 11) is 0. The molecular formula is C28H24CuN2O4. The molecule has 4 rings (SSSR count). The summed E-state index contributed by atoms with van der Waals surface area (Å²) < 4.78 is 0. The van der Waals surface area contributed by atoms with Crippen LogP contribution in [0.1, 0.15) is 34.5 Å². The zero-order chi connectivity index (χ0) is 24.2. The maximum absolute atomic E-state index is 12.2. The van der Waals surface area contributed by atoms with E-state index >= 15 is 0 Å². The molecule has 0 spiro atoms. The number of benzene rings is 4. The molecule has 7 heteroatoms. The van der Waals surface area contributed by atoms with Gasteiger partial charge < -0.3 is 20.6 Å². The first-order chi connectivity index (χ1) is 16.7. The topological polar surface area (TPSA) is 111 Å². The van der Waals surface area contributed by atoms with Gasteiger partial charge in [-0.2, -0.15) is 0 Å². The molecule has 0 aromatic heterocycles. The zero-order valence-corrected chi connectivity index (χ0v) is 19.6. The Labute approximate surface area is 215 Å². The summed E-state index contributed by atoms with van der Waals surface area (Å²) in [6.07, 6.45) is -2.35. The van der Waals surface area contributed by atoms with Crippen LogP contribution in [-0.2, 0) is 17.1 Å². The fraction of sp³-hybridized carbons (Fsp3) is 0.0714. The smallest absolute Gasteiger partial charge is 0.844 e. The van der Waals surface area contributed by atoms with Crippen LogP contribution in [-0.4, -0.2) is 21.8 Å².